The maximum atomic E-state index is 13.8. The largest absolute Gasteiger partial charge is 0.376 e. The third-order valence-electron chi connectivity index (χ3n) is 8.05. The third kappa shape index (κ3) is 3.68. The number of ether oxygens (including phenoxy) is 1. The molecule has 2 N–H and O–H groups in total. The second-order valence-electron chi connectivity index (χ2n) is 9.67. The van der Waals surface area contributed by atoms with Gasteiger partial charge >= 0.3 is 0 Å². The molecule has 2 aromatic rings. The first-order valence-corrected chi connectivity index (χ1v) is 12.7. The molecule has 0 bridgehead atoms. The fourth-order valence-electron chi connectivity index (χ4n) is 5.96. The first-order chi connectivity index (χ1) is 16.1. The number of nitrogens with one attached hydrogen (secondary N) is 2. The molecule has 5 rings (SSSR count). The molecule has 3 aliphatic rings. The van der Waals surface area contributed by atoms with E-state index < -0.39 is 5.41 Å². The first-order valence-electron chi connectivity index (χ1n) is 12.7. The van der Waals surface area contributed by atoms with Crippen molar-refractivity contribution in [2.24, 2.45) is 5.10 Å². The Morgan fingerprint density at radius 3 is 2.76 bits per heavy atom. The predicted molar refractivity (Wildman–Crippen MR) is 134 cm³/mol. The average molecular weight is 449 g/mol. The molecule has 6 heteroatoms. The molecule has 0 saturated carbocycles. The van der Waals surface area contributed by atoms with E-state index in [1.165, 1.54) is 16.5 Å². The van der Waals surface area contributed by atoms with Crippen molar-refractivity contribution >= 4 is 28.7 Å². The van der Waals surface area contributed by atoms with Crippen LogP contribution in [-0.2, 0) is 21.4 Å². The van der Waals surface area contributed by atoms with Gasteiger partial charge in [0.1, 0.15) is 0 Å². The maximum Gasteiger partial charge on any atom is 0.237 e. The lowest BCUT2D eigenvalue weighted by atomic mass is 9.76. The number of aromatic amines is 1. The van der Waals surface area contributed by atoms with E-state index in [2.05, 4.69) is 48.4 Å². The Hall–Kier alpha value is -2.60. The van der Waals surface area contributed by atoms with Crippen molar-refractivity contribution in [1.29, 1.82) is 0 Å². The second-order valence-corrected chi connectivity index (χ2v) is 9.67. The van der Waals surface area contributed by atoms with E-state index in [4.69, 9.17) is 4.74 Å². The van der Waals surface area contributed by atoms with Crippen LogP contribution in [0.25, 0.3) is 10.9 Å². The Bertz CT molecular complexity index is 1100. The van der Waals surface area contributed by atoms with E-state index in [9.17, 15) is 4.79 Å². The Morgan fingerprint density at radius 1 is 1.18 bits per heavy atom. The number of aryl methyl sites for hydroxylation is 1. The highest BCUT2D eigenvalue weighted by Crippen LogP contribution is 2.48. The van der Waals surface area contributed by atoms with Gasteiger partial charge in [-0.05, 0) is 74.6 Å². The quantitative estimate of drug-likeness (QED) is 0.652. The van der Waals surface area contributed by atoms with Gasteiger partial charge in [0.2, 0.25) is 5.91 Å². The van der Waals surface area contributed by atoms with E-state index in [-0.39, 0.29) is 12.0 Å². The molecule has 1 fully saturated rings. The van der Waals surface area contributed by atoms with Crippen molar-refractivity contribution in [3.8, 4) is 0 Å². The minimum Gasteiger partial charge on any atom is -0.376 e. The fraction of sp³-hybridized carbons (Fsp3) is 0.556. The number of fused-ring (bicyclic) bond motifs is 4. The molecular formula is C27H36N4O2. The smallest absolute Gasteiger partial charge is 0.237 e. The normalized spacial score (nSPS) is 24.8. The number of hydrazone groups is 1. The number of H-pyrrole nitrogens is 1. The molecule has 0 spiro atoms. The van der Waals surface area contributed by atoms with Gasteiger partial charge in [0.05, 0.1) is 30.0 Å². The Labute approximate surface area is 196 Å². The molecule has 3 aliphatic heterocycles. The molecule has 1 amide bonds. The molecule has 1 saturated heterocycles. The van der Waals surface area contributed by atoms with Crippen molar-refractivity contribution in [2.45, 2.75) is 83.7 Å². The highest BCUT2D eigenvalue weighted by atomic mass is 16.5. The number of rotatable bonds is 5. The molecule has 1 aromatic heterocycles. The zero-order valence-electron chi connectivity index (χ0n) is 20.2. The summed E-state index contributed by atoms with van der Waals surface area (Å²) in [5.41, 5.74) is 9.73. The van der Waals surface area contributed by atoms with Crippen LogP contribution < -0.4 is 10.3 Å². The summed E-state index contributed by atoms with van der Waals surface area (Å²) in [7, 11) is 0. The standard InChI is InChI=1S/C27H36N4O2/c1-4-18-9-7-11-20-21-13-25-22(14-23(21)30-24(20)16-29-28-15-18)27(5-2,6-3)26(32)31(25)17-19-10-8-12-33-19/h13-16,19,28,30H,4-12,17H2,1-3H3/b18-15+,29-16+. The van der Waals surface area contributed by atoms with Gasteiger partial charge in [-0.2, -0.15) is 5.10 Å². The van der Waals surface area contributed by atoms with Crippen molar-refractivity contribution < 1.29 is 9.53 Å². The number of carbonyl (C=O) groups is 1. The SMILES string of the molecule is CC/C1=C\N/N=C/c2[nH]c3cc4c(cc3c2CCC1)N(CC1CCCO1)C(=O)C4(CC)CC. The first kappa shape index (κ1) is 22.2. The van der Waals surface area contributed by atoms with Crippen LogP contribution in [0.3, 0.4) is 0 Å². The van der Waals surface area contributed by atoms with Crippen LogP contribution in [0.1, 0.15) is 82.5 Å². The summed E-state index contributed by atoms with van der Waals surface area (Å²) in [6.45, 7) is 7.93. The molecule has 1 unspecified atom stereocenters. The summed E-state index contributed by atoms with van der Waals surface area (Å²) in [6, 6.07) is 4.51. The summed E-state index contributed by atoms with van der Waals surface area (Å²) < 4.78 is 5.92. The molecule has 6 nitrogen and oxygen atoms in total. The van der Waals surface area contributed by atoms with Crippen LogP contribution in [0.4, 0.5) is 5.69 Å². The van der Waals surface area contributed by atoms with Crippen molar-refractivity contribution in [1.82, 2.24) is 10.4 Å². The Kier molecular flexibility index (Phi) is 6.04. The molecule has 0 aliphatic carbocycles. The van der Waals surface area contributed by atoms with E-state index in [0.29, 0.717) is 6.54 Å². The van der Waals surface area contributed by atoms with Gasteiger partial charge in [0.25, 0.3) is 0 Å². The number of anilines is 1. The van der Waals surface area contributed by atoms with Gasteiger partial charge in [-0.1, -0.05) is 26.3 Å². The number of hydrogen-bond acceptors (Lipinski definition) is 4. The zero-order chi connectivity index (χ0) is 23.0. The third-order valence-corrected chi connectivity index (χ3v) is 8.05. The lowest BCUT2D eigenvalue weighted by molar-refractivity contribution is -0.123. The predicted octanol–water partition coefficient (Wildman–Crippen LogP) is 5.31. The van der Waals surface area contributed by atoms with Crippen LogP contribution in [0, 0.1) is 0 Å². The molecule has 176 valence electrons. The molecule has 33 heavy (non-hydrogen) atoms. The van der Waals surface area contributed by atoms with Crippen molar-refractivity contribution in [3.05, 3.63) is 40.7 Å². The number of carbonyl (C=O) groups excluding carboxylic acids is 1. The van der Waals surface area contributed by atoms with Gasteiger partial charge in [0.15, 0.2) is 0 Å². The van der Waals surface area contributed by atoms with E-state index in [1.807, 2.05) is 17.3 Å². The number of benzene rings is 1. The summed E-state index contributed by atoms with van der Waals surface area (Å²) in [4.78, 5) is 19.4. The number of hydrogen-bond donors (Lipinski definition) is 2. The average Bonchev–Trinajstić information content (AvgIpc) is 3.52. The fourth-order valence-corrected chi connectivity index (χ4v) is 5.96. The summed E-state index contributed by atoms with van der Waals surface area (Å²) in [6.07, 6.45) is 12.0. The molecule has 1 atom stereocenters. The number of amides is 1. The molecular weight excluding hydrogens is 412 g/mol. The second kappa shape index (κ2) is 8.98. The van der Waals surface area contributed by atoms with Gasteiger partial charge in [-0.25, -0.2) is 0 Å². The molecule has 0 radical (unpaired) electrons. The summed E-state index contributed by atoms with van der Waals surface area (Å²) >= 11 is 0. The van der Waals surface area contributed by atoms with Crippen LogP contribution in [0.2, 0.25) is 0 Å². The van der Waals surface area contributed by atoms with Crippen LogP contribution in [-0.4, -0.2) is 36.4 Å². The maximum absolute atomic E-state index is 13.8. The minimum atomic E-state index is -0.452. The Balaban J connectivity index is 1.61. The topological polar surface area (TPSA) is 69.7 Å². The number of nitrogens with zero attached hydrogens (tertiary/aromatic N) is 2. The molecule has 4 heterocycles. The monoisotopic (exact) mass is 448 g/mol. The number of allylic oxidation sites excluding steroid dienone is 1. The van der Waals surface area contributed by atoms with E-state index >= 15 is 0 Å². The lowest BCUT2D eigenvalue weighted by Crippen LogP contribution is -2.42. The number of aromatic nitrogens is 1. The van der Waals surface area contributed by atoms with Gasteiger partial charge in [0, 0.05) is 29.4 Å². The van der Waals surface area contributed by atoms with Crippen LogP contribution in [0.15, 0.2) is 29.0 Å². The van der Waals surface area contributed by atoms with Crippen LogP contribution >= 0.6 is 0 Å². The lowest BCUT2D eigenvalue weighted by Gasteiger charge is -2.27. The summed E-state index contributed by atoms with van der Waals surface area (Å²) in [5.74, 6) is 0.241. The van der Waals surface area contributed by atoms with Crippen molar-refractivity contribution in [2.75, 3.05) is 18.1 Å². The van der Waals surface area contributed by atoms with Gasteiger partial charge in [-0.3, -0.25) is 10.2 Å². The van der Waals surface area contributed by atoms with E-state index in [0.717, 1.165) is 80.4 Å². The highest BCUT2D eigenvalue weighted by Gasteiger charge is 2.49. The zero-order valence-corrected chi connectivity index (χ0v) is 20.2. The van der Waals surface area contributed by atoms with Gasteiger partial charge < -0.3 is 14.6 Å². The Morgan fingerprint density at radius 2 is 2.03 bits per heavy atom. The highest BCUT2D eigenvalue weighted by molar-refractivity contribution is 6.11. The van der Waals surface area contributed by atoms with Crippen LogP contribution in [0.5, 0.6) is 0 Å². The van der Waals surface area contributed by atoms with Gasteiger partial charge in [-0.15, -0.1) is 0 Å². The minimum absolute atomic E-state index is 0.138. The van der Waals surface area contributed by atoms with E-state index in [1.54, 1.807) is 0 Å². The molecule has 1 aromatic carbocycles. The van der Waals surface area contributed by atoms with Crippen molar-refractivity contribution in [3.63, 3.8) is 0 Å². The summed E-state index contributed by atoms with van der Waals surface area (Å²) in [5, 5.41) is 5.65.